The Morgan fingerprint density at radius 1 is 1.50 bits per heavy atom. The van der Waals surface area contributed by atoms with E-state index in [4.69, 9.17) is 21.9 Å². The Kier molecular flexibility index (Phi) is 3.53. The number of carbonyl (C=O) groups excluding carboxylic acids is 1. The number of rotatable bonds is 3. The lowest BCUT2D eigenvalue weighted by atomic mass is 10.2. The smallest absolute Gasteiger partial charge is 0.253 e. The number of anilines is 1. The number of aromatic nitrogens is 1. The van der Waals surface area contributed by atoms with E-state index in [-0.39, 0.29) is 12.5 Å². The average molecular weight is 266 g/mol. The van der Waals surface area contributed by atoms with Crippen LogP contribution in [0.3, 0.4) is 0 Å². The highest BCUT2D eigenvalue weighted by molar-refractivity contribution is 6.34. The Bertz CT molecular complexity index is 580. The molecule has 1 amide bonds. The highest BCUT2D eigenvalue weighted by Gasteiger charge is 2.11. The number of hydrogen-bond donors (Lipinski definition) is 2. The largest absolute Gasteiger partial charge is 0.399 e. The molecule has 2 aromatic rings. The summed E-state index contributed by atoms with van der Waals surface area (Å²) in [5.74, 6) is 0.422. The van der Waals surface area contributed by atoms with E-state index < -0.39 is 0 Å². The minimum Gasteiger partial charge on any atom is -0.399 e. The lowest BCUT2D eigenvalue weighted by Gasteiger charge is -2.05. The van der Waals surface area contributed by atoms with E-state index in [1.54, 1.807) is 25.1 Å². The fourth-order valence-electron chi connectivity index (χ4n) is 1.48. The zero-order chi connectivity index (χ0) is 13.1. The minimum atomic E-state index is -0.277. The molecule has 0 radical (unpaired) electrons. The summed E-state index contributed by atoms with van der Waals surface area (Å²) in [6, 6.07) is 6.50. The van der Waals surface area contributed by atoms with Crippen LogP contribution >= 0.6 is 11.6 Å². The second-order valence-electron chi connectivity index (χ2n) is 3.85. The maximum atomic E-state index is 11.9. The summed E-state index contributed by atoms with van der Waals surface area (Å²) in [5, 5.41) is 6.80. The molecule has 0 atom stereocenters. The molecule has 0 saturated heterocycles. The third-order valence-corrected chi connectivity index (χ3v) is 2.66. The normalized spacial score (nSPS) is 10.3. The summed E-state index contributed by atoms with van der Waals surface area (Å²) in [4.78, 5) is 11.9. The van der Waals surface area contributed by atoms with Gasteiger partial charge in [-0.3, -0.25) is 4.79 Å². The number of aryl methyl sites for hydroxylation is 1. The zero-order valence-corrected chi connectivity index (χ0v) is 10.5. The van der Waals surface area contributed by atoms with Crippen LogP contribution in [0.4, 0.5) is 5.69 Å². The molecule has 18 heavy (non-hydrogen) atoms. The first-order valence-corrected chi connectivity index (χ1v) is 5.69. The zero-order valence-electron chi connectivity index (χ0n) is 9.74. The van der Waals surface area contributed by atoms with Crippen LogP contribution in [0.5, 0.6) is 0 Å². The number of benzene rings is 1. The third-order valence-electron chi connectivity index (χ3n) is 2.34. The number of hydrogen-bond acceptors (Lipinski definition) is 4. The molecule has 1 heterocycles. The van der Waals surface area contributed by atoms with Crippen molar-refractivity contribution in [3.8, 4) is 0 Å². The van der Waals surface area contributed by atoms with Crippen molar-refractivity contribution in [1.82, 2.24) is 10.5 Å². The number of nitrogens with one attached hydrogen (secondary N) is 1. The standard InChI is InChI=1S/C12H12ClN3O2/c1-7-4-9(16-18-7)6-15-12(17)10-3-2-8(14)5-11(10)13/h2-5H,6,14H2,1H3,(H,15,17). The van der Waals surface area contributed by atoms with Gasteiger partial charge < -0.3 is 15.6 Å². The van der Waals surface area contributed by atoms with Crippen LogP contribution in [0, 0.1) is 6.92 Å². The maximum Gasteiger partial charge on any atom is 0.253 e. The van der Waals surface area contributed by atoms with Crippen molar-refractivity contribution in [2.75, 3.05) is 5.73 Å². The maximum absolute atomic E-state index is 11.9. The topological polar surface area (TPSA) is 81.2 Å². The van der Waals surface area contributed by atoms with Gasteiger partial charge in [0.2, 0.25) is 0 Å². The molecular formula is C12H12ClN3O2. The van der Waals surface area contributed by atoms with E-state index >= 15 is 0 Å². The first-order chi connectivity index (χ1) is 8.56. The number of halogens is 1. The molecule has 0 fully saturated rings. The minimum absolute atomic E-state index is 0.277. The van der Waals surface area contributed by atoms with Crippen LogP contribution in [-0.4, -0.2) is 11.1 Å². The number of nitrogens with two attached hydrogens (primary N) is 1. The van der Waals surface area contributed by atoms with Crippen molar-refractivity contribution < 1.29 is 9.32 Å². The number of carbonyl (C=O) groups is 1. The van der Waals surface area contributed by atoms with Crippen LogP contribution in [0.25, 0.3) is 0 Å². The van der Waals surface area contributed by atoms with Gasteiger partial charge in [0.05, 0.1) is 17.1 Å². The van der Waals surface area contributed by atoms with Crippen molar-refractivity contribution >= 4 is 23.2 Å². The van der Waals surface area contributed by atoms with Gasteiger partial charge in [-0.1, -0.05) is 16.8 Å². The van der Waals surface area contributed by atoms with Gasteiger partial charge in [0, 0.05) is 11.8 Å². The first-order valence-electron chi connectivity index (χ1n) is 5.31. The molecule has 6 heteroatoms. The SMILES string of the molecule is Cc1cc(CNC(=O)c2ccc(N)cc2Cl)no1. The van der Waals surface area contributed by atoms with Gasteiger partial charge in [-0.25, -0.2) is 0 Å². The summed E-state index contributed by atoms with van der Waals surface area (Å²) in [7, 11) is 0. The summed E-state index contributed by atoms with van der Waals surface area (Å²) < 4.78 is 4.90. The molecule has 2 rings (SSSR count). The molecular weight excluding hydrogens is 254 g/mol. The summed E-state index contributed by atoms with van der Waals surface area (Å²) in [6.07, 6.45) is 0. The predicted molar refractivity (Wildman–Crippen MR) is 68.3 cm³/mol. The number of nitrogen functional groups attached to an aromatic ring is 1. The Labute approximate surface area is 109 Å². The molecule has 1 aromatic heterocycles. The molecule has 1 aromatic carbocycles. The molecule has 0 spiro atoms. The van der Waals surface area contributed by atoms with Gasteiger partial charge in [-0.2, -0.15) is 0 Å². The summed E-state index contributed by atoms with van der Waals surface area (Å²) in [6.45, 7) is 2.08. The van der Waals surface area contributed by atoms with Crippen LogP contribution in [0.15, 0.2) is 28.8 Å². The summed E-state index contributed by atoms with van der Waals surface area (Å²) in [5.41, 5.74) is 7.11. The highest BCUT2D eigenvalue weighted by Crippen LogP contribution is 2.19. The van der Waals surface area contributed by atoms with Crippen LogP contribution in [0.1, 0.15) is 21.8 Å². The van der Waals surface area contributed by atoms with Crippen LogP contribution < -0.4 is 11.1 Å². The molecule has 3 N–H and O–H groups in total. The van der Waals surface area contributed by atoms with Crippen molar-refractivity contribution in [3.63, 3.8) is 0 Å². The number of nitrogens with zero attached hydrogens (tertiary/aromatic N) is 1. The van der Waals surface area contributed by atoms with Crippen molar-refractivity contribution in [2.24, 2.45) is 0 Å². The van der Waals surface area contributed by atoms with E-state index in [2.05, 4.69) is 10.5 Å². The predicted octanol–water partition coefficient (Wildman–Crippen LogP) is 2.15. The van der Waals surface area contributed by atoms with E-state index in [0.29, 0.717) is 27.7 Å². The van der Waals surface area contributed by atoms with Gasteiger partial charge in [-0.15, -0.1) is 0 Å². The lowest BCUT2D eigenvalue weighted by molar-refractivity contribution is 0.0950. The monoisotopic (exact) mass is 265 g/mol. The van der Waals surface area contributed by atoms with Crippen LogP contribution in [-0.2, 0) is 6.54 Å². The quantitative estimate of drug-likeness (QED) is 0.833. The van der Waals surface area contributed by atoms with Crippen molar-refractivity contribution in [1.29, 1.82) is 0 Å². The van der Waals surface area contributed by atoms with Crippen LogP contribution in [0.2, 0.25) is 5.02 Å². The molecule has 0 saturated carbocycles. The highest BCUT2D eigenvalue weighted by atomic mass is 35.5. The Morgan fingerprint density at radius 3 is 2.89 bits per heavy atom. The molecule has 5 nitrogen and oxygen atoms in total. The van der Waals surface area contributed by atoms with E-state index in [1.807, 2.05) is 0 Å². The third kappa shape index (κ3) is 2.81. The lowest BCUT2D eigenvalue weighted by Crippen LogP contribution is -2.23. The fraction of sp³-hybridized carbons (Fsp3) is 0.167. The first kappa shape index (κ1) is 12.4. The molecule has 0 bridgehead atoms. The summed E-state index contributed by atoms with van der Waals surface area (Å²) >= 11 is 5.94. The van der Waals surface area contributed by atoms with Gasteiger partial charge in [0.25, 0.3) is 5.91 Å². The Hall–Kier alpha value is -2.01. The van der Waals surface area contributed by atoms with Crippen molar-refractivity contribution in [2.45, 2.75) is 13.5 Å². The second kappa shape index (κ2) is 5.10. The van der Waals surface area contributed by atoms with Gasteiger partial charge in [0.1, 0.15) is 11.5 Å². The average Bonchev–Trinajstić information content (AvgIpc) is 2.72. The van der Waals surface area contributed by atoms with Gasteiger partial charge in [-0.05, 0) is 25.1 Å². The van der Waals surface area contributed by atoms with E-state index in [1.165, 1.54) is 6.07 Å². The second-order valence-corrected chi connectivity index (χ2v) is 4.26. The van der Waals surface area contributed by atoms with E-state index in [9.17, 15) is 4.79 Å². The Balaban J connectivity index is 2.03. The molecule has 0 aliphatic carbocycles. The molecule has 0 unspecified atom stereocenters. The molecule has 94 valence electrons. The fourth-order valence-corrected chi connectivity index (χ4v) is 1.76. The van der Waals surface area contributed by atoms with Gasteiger partial charge >= 0.3 is 0 Å². The number of amides is 1. The Morgan fingerprint density at radius 2 is 2.28 bits per heavy atom. The van der Waals surface area contributed by atoms with Gasteiger partial charge in [0.15, 0.2) is 0 Å². The van der Waals surface area contributed by atoms with E-state index in [0.717, 1.165) is 0 Å². The van der Waals surface area contributed by atoms with Crippen molar-refractivity contribution in [3.05, 3.63) is 46.3 Å². The molecule has 0 aliphatic heterocycles. The molecule has 0 aliphatic rings.